The summed E-state index contributed by atoms with van der Waals surface area (Å²) in [5.41, 5.74) is 3.73. The van der Waals surface area contributed by atoms with Crippen LogP contribution in [-0.2, 0) is 12.5 Å². The van der Waals surface area contributed by atoms with Gasteiger partial charge < -0.3 is 0 Å². The Morgan fingerprint density at radius 2 is 1.93 bits per heavy atom. The maximum Gasteiger partial charge on any atom is 0.176 e. The monoisotopic (exact) mass is 204 g/mol. The summed E-state index contributed by atoms with van der Waals surface area (Å²) >= 11 is 0. The van der Waals surface area contributed by atoms with Crippen molar-refractivity contribution in [3.8, 4) is 0 Å². The van der Waals surface area contributed by atoms with E-state index < -0.39 is 0 Å². The predicted molar refractivity (Wildman–Crippen MR) is 59.7 cm³/mol. The van der Waals surface area contributed by atoms with Gasteiger partial charge in [0.1, 0.15) is 5.52 Å². The molecule has 80 valence electrons. The summed E-state index contributed by atoms with van der Waals surface area (Å²) in [5, 5.41) is 4.31. The van der Waals surface area contributed by atoms with Gasteiger partial charge >= 0.3 is 0 Å². The molecule has 0 aromatic carbocycles. The van der Waals surface area contributed by atoms with Gasteiger partial charge in [0, 0.05) is 12.5 Å². The van der Waals surface area contributed by atoms with E-state index in [4.69, 9.17) is 0 Å². The minimum atomic E-state index is 0.0312. The molecule has 0 N–H and O–H groups in total. The van der Waals surface area contributed by atoms with E-state index >= 15 is 0 Å². The molecule has 0 amide bonds. The Morgan fingerprint density at radius 1 is 1.27 bits per heavy atom. The number of hydrogen-bond donors (Lipinski definition) is 0. The van der Waals surface area contributed by atoms with Crippen LogP contribution in [0.25, 0.3) is 11.2 Å². The fourth-order valence-corrected chi connectivity index (χ4v) is 1.54. The lowest BCUT2D eigenvalue weighted by molar-refractivity contribution is 0.568. The summed E-state index contributed by atoms with van der Waals surface area (Å²) in [6.07, 6.45) is 1.84. The van der Waals surface area contributed by atoms with Gasteiger partial charge in [0.2, 0.25) is 0 Å². The number of hydrogen-bond acceptors (Lipinski definition) is 3. The summed E-state index contributed by atoms with van der Waals surface area (Å²) in [6.45, 7) is 8.36. The number of aryl methyl sites for hydroxylation is 2. The van der Waals surface area contributed by atoms with Crippen LogP contribution in [0.3, 0.4) is 0 Å². The highest BCUT2D eigenvalue weighted by molar-refractivity contribution is 5.73. The van der Waals surface area contributed by atoms with E-state index in [2.05, 4.69) is 35.8 Å². The highest BCUT2D eigenvalue weighted by Gasteiger charge is 2.18. The van der Waals surface area contributed by atoms with Crippen molar-refractivity contribution in [3.05, 3.63) is 17.6 Å². The first kappa shape index (κ1) is 10.1. The number of rotatable bonds is 0. The molecule has 2 aromatic heterocycles. The van der Waals surface area contributed by atoms with Crippen LogP contribution < -0.4 is 0 Å². The lowest BCUT2D eigenvalue weighted by Crippen LogP contribution is -2.14. The van der Waals surface area contributed by atoms with E-state index in [0.29, 0.717) is 0 Å². The van der Waals surface area contributed by atoms with Crippen LogP contribution in [0, 0.1) is 6.92 Å². The van der Waals surface area contributed by atoms with E-state index in [1.54, 1.807) is 4.68 Å². The maximum absolute atomic E-state index is 4.62. The second kappa shape index (κ2) is 3.02. The van der Waals surface area contributed by atoms with Gasteiger partial charge in [-0.2, -0.15) is 5.10 Å². The predicted octanol–water partition coefficient (Wildman–Crippen LogP) is 1.97. The molecule has 0 atom stereocenters. The van der Waals surface area contributed by atoms with Crippen LogP contribution >= 0.6 is 0 Å². The number of fused-ring (bicyclic) bond motifs is 1. The average Bonchev–Trinajstić information content (AvgIpc) is 2.41. The summed E-state index contributed by atoms with van der Waals surface area (Å²) in [4.78, 5) is 9.03. The third-order valence-corrected chi connectivity index (χ3v) is 2.47. The molecular weight excluding hydrogens is 188 g/mol. The third kappa shape index (κ3) is 1.60. The van der Waals surface area contributed by atoms with Gasteiger partial charge in [0.05, 0.1) is 17.6 Å². The van der Waals surface area contributed by atoms with Crippen LogP contribution in [0.5, 0.6) is 0 Å². The molecule has 2 heterocycles. The lowest BCUT2D eigenvalue weighted by Gasteiger charge is -2.16. The van der Waals surface area contributed by atoms with E-state index in [1.807, 2.05) is 20.2 Å². The summed E-state index contributed by atoms with van der Waals surface area (Å²) in [6, 6.07) is 0. The Bertz CT molecular complexity index is 505. The number of aromatic nitrogens is 4. The first-order chi connectivity index (χ1) is 6.89. The molecule has 2 rings (SSSR count). The maximum atomic E-state index is 4.62. The second-order valence-electron chi connectivity index (χ2n) is 4.89. The second-order valence-corrected chi connectivity index (χ2v) is 4.89. The van der Waals surface area contributed by atoms with Crippen molar-refractivity contribution >= 4 is 11.2 Å². The molecule has 0 saturated carbocycles. The molecule has 0 radical (unpaired) electrons. The Morgan fingerprint density at radius 3 is 2.53 bits per heavy atom. The van der Waals surface area contributed by atoms with Crippen molar-refractivity contribution in [3.63, 3.8) is 0 Å². The van der Waals surface area contributed by atoms with Crippen molar-refractivity contribution in [1.82, 2.24) is 19.7 Å². The van der Waals surface area contributed by atoms with Gasteiger partial charge in [-0.3, -0.25) is 0 Å². The van der Waals surface area contributed by atoms with Crippen molar-refractivity contribution in [1.29, 1.82) is 0 Å². The quantitative estimate of drug-likeness (QED) is 0.659. The molecule has 2 aromatic rings. The Kier molecular flexibility index (Phi) is 2.03. The molecule has 0 fully saturated rings. The molecule has 15 heavy (non-hydrogen) atoms. The molecule has 0 aliphatic heterocycles. The first-order valence-corrected chi connectivity index (χ1v) is 5.06. The molecule has 0 aliphatic carbocycles. The molecule has 0 saturated heterocycles. The van der Waals surface area contributed by atoms with Crippen molar-refractivity contribution in [2.45, 2.75) is 33.1 Å². The highest BCUT2D eigenvalue weighted by Crippen LogP contribution is 2.22. The van der Waals surface area contributed by atoms with Crippen LogP contribution in [0.1, 0.15) is 32.2 Å². The SMILES string of the molecule is Cc1nn(C)c2ncc(C(C)(C)C)nc12. The zero-order valence-electron chi connectivity index (χ0n) is 9.87. The molecule has 0 aliphatic rings. The first-order valence-electron chi connectivity index (χ1n) is 5.06. The van der Waals surface area contributed by atoms with Gasteiger partial charge in [-0.05, 0) is 6.92 Å². The fourth-order valence-electron chi connectivity index (χ4n) is 1.54. The van der Waals surface area contributed by atoms with Crippen molar-refractivity contribution < 1.29 is 0 Å². The Hall–Kier alpha value is -1.45. The molecule has 0 spiro atoms. The standard InChI is InChI=1S/C11H16N4/c1-7-9-10(15(5)14-7)12-6-8(13-9)11(2,3)4/h6H,1-5H3. The van der Waals surface area contributed by atoms with E-state index in [1.165, 1.54) is 0 Å². The smallest absolute Gasteiger partial charge is 0.176 e. The number of nitrogens with zero attached hydrogens (tertiary/aromatic N) is 4. The molecular formula is C11H16N4. The molecule has 0 unspecified atom stereocenters. The fraction of sp³-hybridized carbons (Fsp3) is 0.545. The summed E-state index contributed by atoms with van der Waals surface area (Å²) in [7, 11) is 1.89. The minimum absolute atomic E-state index is 0.0312. The van der Waals surface area contributed by atoms with Gasteiger partial charge in [-0.15, -0.1) is 0 Å². The molecule has 4 nitrogen and oxygen atoms in total. The van der Waals surface area contributed by atoms with E-state index in [0.717, 1.165) is 22.6 Å². The Balaban J connectivity index is 2.71. The summed E-state index contributed by atoms with van der Waals surface area (Å²) in [5.74, 6) is 0. The molecule has 0 bridgehead atoms. The van der Waals surface area contributed by atoms with Crippen LogP contribution in [0.4, 0.5) is 0 Å². The Labute approximate surface area is 89.3 Å². The summed E-state index contributed by atoms with van der Waals surface area (Å²) < 4.78 is 1.77. The van der Waals surface area contributed by atoms with Crippen LogP contribution in [0.15, 0.2) is 6.20 Å². The third-order valence-electron chi connectivity index (χ3n) is 2.47. The van der Waals surface area contributed by atoms with Crippen molar-refractivity contribution in [2.24, 2.45) is 7.05 Å². The normalized spacial score (nSPS) is 12.3. The topological polar surface area (TPSA) is 43.6 Å². The zero-order valence-corrected chi connectivity index (χ0v) is 9.87. The molecule has 4 heteroatoms. The van der Waals surface area contributed by atoms with E-state index in [9.17, 15) is 0 Å². The zero-order chi connectivity index (χ0) is 11.2. The lowest BCUT2D eigenvalue weighted by atomic mass is 9.93. The largest absolute Gasteiger partial charge is 0.249 e. The highest BCUT2D eigenvalue weighted by atomic mass is 15.3. The average molecular weight is 204 g/mol. The van der Waals surface area contributed by atoms with E-state index in [-0.39, 0.29) is 5.41 Å². The van der Waals surface area contributed by atoms with Gasteiger partial charge in [-0.1, -0.05) is 20.8 Å². The van der Waals surface area contributed by atoms with Crippen LogP contribution in [-0.4, -0.2) is 19.7 Å². The van der Waals surface area contributed by atoms with Crippen LogP contribution in [0.2, 0.25) is 0 Å². The van der Waals surface area contributed by atoms with Gasteiger partial charge in [-0.25, -0.2) is 14.6 Å². The van der Waals surface area contributed by atoms with Gasteiger partial charge in [0.15, 0.2) is 5.65 Å². The van der Waals surface area contributed by atoms with Gasteiger partial charge in [0.25, 0.3) is 0 Å². The minimum Gasteiger partial charge on any atom is -0.249 e. The van der Waals surface area contributed by atoms with Crippen molar-refractivity contribution in [2.75, 3.05) is 0 Å².